The molecule has 1 heterocycles. The number of fused-ring (bicyclic) bond motifs is 8. The molecule has 0 spiro atoms. The Hall–Kier alpha value is -0.860. The minimum atomic E-state index is -0.229. The summed E-state index contributed by atoms with van der Waals surface area (Å²) in [7, 11) is 0. The van der Waals surface area contributed by atoms with E-state index in [2.05, 4.69) is 0 Å². The van der Waals surface area contributed by atoms with Crippen LogP contribution in [-0.2, 0) is 14.3 Å². The fraction of sp³-hybridized carbons (Fsp3) is 0.800. The minimum Gasteiger partial charge on any atom is -0.393 e. The summed E-state index contributed by atoms with van der Waals surface area (Å²) in [5, 5.41) is 0. The van der Waals surface area contributed by atoms with Crippen molar-refractivity contribution in [1.82, 2.24) is 0 Å². The van der Waals surface area contributed by atoms with Crippen molar-refractivity contribution in [1.29, 1.82) is 0 Å². The molecule has 3 aliphatic carbocycles. The Morgan fingerprint density at radius 3 is 1.85 bits per heavy atom. The van der Waals surface area contributed by atoms with E-state index in [1.165, 1.54) is 6.42 Å². The third-order valence-corrected chi connectivity index (χ3v) is 4.59. The molecule has 0 amide bonds. The van der Waals surface area contributed by atoms with Gasteiger partial charge in [0, 0.05) is 0 Å². The van der Waals surface area contributed by atoms with E-state index in [1.807, 2.05) is 0 Å². The van der Waals surface area contributed by atoms with E-state index < -0.39 is 0 Å². The van der Waals surface area contributed by atoms with E-state index in [1.54, 1.807) is 0 Å². The van der Waals surface area contributed by atoms with Gasteiger partial charge in [0.25, 0.3) is 0 Å². The van der Waals surface area contributed by atoms with E-state index >= 15 is 0 Å². The van der Waals surface area contributed by atoms with Crippen molar-refractivity contribution < 1.29 is 14.3 Å². The molecule has 4 rings (SSSR count). The van der Waals surface area contributed by atoms with Gasteiger partial charge in [-0.25, -0.2) is 0 Å². The first-order chi connectivity index (χ1) is 6.27. The maximum atomic E-state index is 11.4. The molecular formula is C10H10O3. The van der Waals surface area contributed by atoms with Crippen molar-refractivity contribution >= 4 is 11.9 Å². The maximum Gasteiger partial charge on any atom is 0.317 e. The normalized spacial score (nSPS) is 60.6. The highest BCUT2D eigenvalue weighted by atomic mass is 16.6. The summed E-state index contributed by atoms with van der Waals surface area (Å²) in [5.74, 6) is 2.00. The fourth-order valence-corrected chi connectivity index (χ4v) is 4.12. The SMILES string of the molecule is O=C1OC(=O)[C@H]2C3CC([C@H]4CC34)[C@@H]12. The van der Waals surface area contributed by atoms with Gasteiger partial charge in [0.15, 0.2) is 0 Å². The average Bonchev–Trinajstić information content (AvgIpc) is 2.58. The molecule has 1 saturated heterocycles. The smallest absolute Gasteiger partial charge is 0.317 e. The van der Waals surface area contributed by atoms with E-state index in [0.29, 0.717) is 11.8 Å². The van der Waals surface area contributed by atoms with Gasteiger partial charge in [-0.2, -0.15) is 0 Å². The van der Waals surface area contributed by atoms with Crippen LogP contribution in [0.25, 0.3) is 0 Å². The molecule has 13 heavy (non-hydrogen) atoms. The van der Waals surface area contributed by atoms with Crippen molar-refractivity contribution in [2.45, 2.75) is 12.8 Å². The van der Waals surface area contributed by atoms with Crippen molar-refractivity contribution in [3.63, 3.8) is 0 Å². The zero-order chi connectivity index (χ0) is 8.74. The third-order valence-electron chi connectivity index (χ3n) is 4.59. The first-order valence-electron chi connectivity index (χ1n) is 5.03. The summed E-state index contributed by atoms with van der Waals surface area (Å²) >= 11 is 0. The molecule has 2 bridgehead atoms. The average molecular weight is 178 g/mol. The molecule has 1 aliphatic heterocycles. The molecule has 0 N–H and O–H groups in total. The first kappa shape index (κ1) is 6.57. The van der Waals surface area contributed by atoms with Crippen molar-refractivity contribution in [2.24, 2.45) is 35.5 Å². The molecule has 0 aromatic heterocycles. The van der Waals surface area contributed by atoms with Gasteiger partial charge in [0.2, 0.25) is 0 Å². The quantitative estimate of drug-likeness (QED) is 0.402. The number of ether oxygens (including phenoxy) is 1. The lowest BCUT2D eigenvalue weighted by Crippen LogP contribution is -2.26. The Morgan fingerprint density at radius 1 is 0.846 bits per heavy atom. The topological polar surface area (TPSA) is 43.4 Å². The Labute approximate surface area is 75.4 Å². The van der Waals surface area contributed by atoms with Gasteiger partial charge in [-0.1, -0.05) is 0 Å². The summed E-state index contributed by atoms with van der Waals surface area (Å²) in [6.45, 7) is 0. The number of carbonyl (C=O) groups excluding carboxylic acids is 2. The highest BCUT2D eigenvalue weighted by molar-refractivity contribution is 5.97. The first-order valence-corrected chi connectivity index (χ1v) is 5.03. The van der Waals surface area contributed by atoms with Gasteiger partial charge < -0.3 is 4.74 Å². The minimum absolute atomic E-state index is 0.0405. The van der Waals surface area contributed by atoms with E-state index in [-0.39, 0.29) is 23.8 Å². The summed E-state index contributed by atoms with van der Waals surface area (Å²) in [4.78, 5) is 22.8. The molecule has 6 atom stereocenters. The lowest BCUT2D eigenvalue weighted by molar-refractivity contribution is -0.154. The molecule has 4 aliphatic rings. The van der Waals surface area contributed by atoms with Crippen molar-refractivity contribution in [3.05, 3.63) is 0 Å². The molecule has 4 fully saturated rings. The van der Waals surface area contributed by atoms with Crippen LogP contribution in [0.3, 0.4) is 0 Å². The predicted octanol–water partition coefficient (Wildman–Crippen LogP) is 0.588. The molecule has 3 nitrogen and oxygen atoms in total. The van der Waals surface area contributed by atoms with Gasteiger partial charge in [0.1, 0.15) is 0 Å². The second kappa shape index (κ2) is 1.68. The van der Waals surface area contributed by atoms with Gasteiger partial charge in [-0.05, 0) is 36.5 Å². The van der Waals surface area contributed by atoms with Crippen LogP contribution in [0.2, 0.25) is 0 Å². The van der Waals surface area contributed by atoms with Crippen LogP contribution in [0.5, 0.6) is 0 Å². The van der Waals surface area contributed by atoms with Crippen molar-refractivity contribution in [2.75, 3.05) is 0 Å². The van der Waals surface area contributed by atoms with Crippen LogP contribution in [0.4, 0.5) is 0 Å². The van der Waals surface area contributed by atoms with Crippen LogP contribution in [0.1, 0.15) is 12.8 Å². The van der Waals surface area contributed by atoms with Gasteiger partial charge in [0.05, 0.1) is 11.8 Å². The number of carbonyl (C=O) groups is 2. The van der Waals surface area contributed by atoms with Crippen LogP contribution >= 0.6 is 0 Å². The molecule has 0 radical (unpaired) electrons. The summed E-state index contributed by atoms with van der Waals surface area (Å²) in [5.41, 5.74) is 0. The Bertz CT molecular complexity index is 305. The third kappa shape index (κ3) is 0.550. The lowest BCUT2D eigenvalue weighted by atomic mass is 9.81. The number of cyclic esters (lactones) is 2. The van der Waals surface area contributed by atoms with Crippen LogP contribution in [-0.4, -0.2) is 11.9 Å². The van der Waals surface area contributed by atoms with Gasteiger partial charge in [-0.3, -0.25) is 9.59 Å². The predicted molar refractivity (Wildman–Crippen MR) is 41.3 cm³/mol. The van der Waals surface area contributed by atoms with E-state index in [9.17, 15) is 9.59 Å². The van der Waals surface area contributed by atoms with Gasteiger partial charge >= 0.3 is 11.9 Å². The number of esters is 2. The van der Waals surface area contributed by atoms with E-state index in [4.69, 9.17) is 4.74 Å². The monoisotopic (exact) mass is 178 g/mol. The zero-order valence-electron chi connectivity index (χ0n) is 7.10. The summed E-state index contributed by atoms with van der Waals surface area (Å²) < 4.78 is 4.70. The molecular weight excluding hydrogens is 168 g/mol. The largest absolute Gasteiger partial charge is 0.393 e. The number of hydrogen-bond donors (Lipinski definition) is 0. The Morgan fingerprint density at radius 2 is 1.31 bits per heavy atom. The number of hydrogen-bond acceptors (Lipinski definition) is 3. The Balaban J connectivity index is 1.84. The standard InChI is InChI=1S/C10H10O3/c11-9-7-5-2-6(4-1-3(4)5)8(7)10(12)13-9/h3-8H,1-2H2/t3-,4?,5?,6?,7+,8-/m0/s1. The fourth-order valence-electron chi connectivity index (χ4n) is 4.12. The van der Waals surface area contributed by atoms with Crippen LogP contribution in [0.15, 0.2) is 0 Å². The highest BCUT2D eigenvalue weighted by Gasteiger charge is 2.71. The zero-order valence-corrected chi connectivity index (χ0v) is 7.10. The molecule has 3 heteroatoms. The Kier molecular flexibility index (Phi) is 0.848. The van der Waals surface area contributed by atoms with Gasteiger partial charge in [-0.15, -0.1) is 0 Å². The molecule has 3 unspecified atom stereocenters. The van der Waals surface area contributed by atoms with E-state index in [0.717, 1.165) is 18.3 Å². The maximum absolute atomic E-state index is 11.4. The second-order valence-corrected chi connectivity index (χ2v) is 4.92. The lowest BCUT2D eigenvalue weighted by Gasteiger charge is -2.17. The van der Waals surface area contributed by atoms with Crippen LogP contribution < -0.4 is 0 Å². The highest BCUT2D eigenvalue weighted by Crippen LogP contribution is 2.70. The molecule has 0 aromatic carbocycles. The van der Waals surface area contributed by atoms with Crippen LogP contribution in [0, 0.1) is 35.5 Å². The second-order valence-electron chi connectivity index (χ2n) is 4.92. The number of rotatable bonds is 0. The molecule has 68 valence electrons. The van der Waals surface area contributed by atoms with Crippen molar-refractivity contribution in [3.8, 4) is 0 Å². The summed E-state index contributed by atoms with van der Waals surface area (Å²) in [6, 6.07) is 0. The molecule has 0 aromatic rings. The molecule has 3 saturated carbocycles. The summed E-state index contributed by atoms with van der Waals surface area (Å²) in [6.07, 6.45) is 2.38.